The number of carbonyl (C=O) groups is 1. The van der Waals surface area contributed by atoms with Crippen LogP contribution in [0.15, 0.2) is 23.1 Å². The third-order valence-corrected chi connectivity index (χ3v) is 1.83. The normalized spacial score (nSPS) is 9.79. The molecular formula is C10H14N2O2. The molecule has 0 fully saturated rings. The number of pyridine rings is 1. The Kier molecular flexibility index (Phi) is 3.91. The van der Waals surface area contributed by atoms with Crippen LogP contribution in [-0.4, -0.2) is 17.4 Å². The van der Waals surface area contributed by atoms with E-state index in [1.54, 1.807) is 0 Å². The topological polar surface area (TPSA) is 62.0 Å². The summed E-state index contributed by atoms with van der Waals surface area (Å²) in [7, 11) is 0. The third kappa shape index (κ3) is 3.05. The van der Waals surface area contributed by atoms with Crippen LogP contribution in [0.3, 0.4) is 0 Å². The van der Waals surface area contributed by atoms with Crippen molar-refractivity contribution < 1.29 is 4.79 Å². The minimum absolute atomic E-state index is 0.163. The maximum absolute atomic E-state index is 11.4. The fourth-order valence-electron chi connectivity index (χ4n) is 1.05. The molecule has 0 radical (unpaired) electrons. The molecule has 0 spiro atoms. The van der Waals surface area contributed by atoms with Crippen molar-refractivity contribution in [2.45, 2.75) is 19.8 Å². The van der Waals surface area contributed by atoms with E-state index >= 15 is 0 Å². The summed E-state index contributed by atoms with van der Waals surface area (Å²) >= 11 is 0. The van der Waals surface area contributed by atoms with Gasteiger partial charge in [-0.3, -0.25) is 9.59 Å². The minimum atomic E-state index is -0.226. The van der Waals surface area contributed by atoms with E-state index in [4.69, 9.17) is 0 Å². The van der Waals surface area contributed by atoms with E-state index in [1.165, 1.54) is 18.3 Å². The molecule has 1 aromatic heterocycles. The Morgan fingerprint density at radius 3 is 3.00 bits per heavy atom. The molecule has 0 aliphatic rings. The average Bonchev–Trinajstić information content (AvgIpc) is 2.18. The molecule has 0 saturated carbocycles. The van der Waals surface area contributed by atoms with Crippen LogP contribution in [0, 0.1) is 0 Å². The number of nitrogens with one attached hydrogen (secondary N) is 2. The number of hydrogen-bond donors (Lipinski definition) is 2. The third-order valence-electron chi connectivity index (χ3n) is 1.83. The lowest BCUT2D eigenvalue weighted by molar-refractivity contribution is 0.0948. The van der Waals surface area contributed by atoms with E-state index in [2.05, 4.69) is 17.2 Å². The van der Waals surface area contributed by atoms with Gasteiger partial charge in [-0.15, -0.1) is 0 Å². The maximum Gasteiger partial charge on any atom is 0.267 e. The number of amides is 1. The van der Waals surface area contributed by atoms with Crippen LogP contribution in [-0.2, 0) is 0 Å². The molecule has 1 rings (SSSR count). The van der Waals surface area contributed by atoms with Gasteiger partial charge in [-0.1, -0.05) is 13.3 Å². The number of aromatic amines is 1. The van der Waals surface area contributed by atoms with E-state index in [9.17, 15) is 9.59 Å². The Morgan fingerprint density at radius 1 is 1.57 bits per heavy atom. The van der Waals surface area contributed by atoms with Gasteiger partial charge in [0.1, 0.15) is 5.69 Å². The number of rotatable bonds is 4. The van der Waals surface area contributed by atoms with Crippen LogP contribution >= 0.6 is 0 Å². The van der Waals surface area contributed by atoms with Gasteiger partial charge in [-0.2, -0.15) is 0 Å². The van der Waals surface area contributed by atoms with Gasteiger partial charge in [-0.05, 0) is 6.42 Å². The lowest BCUT2D eigenvalue weighted by atomic mass is 10.3. The van der Waals surface area contributed by atoms with Gasteiger partial charge in [0, 0.05) is 24.9 Å². The zero-order valence-electron chi connectivity index (χ0n) is 8.17. The van der Waals surface area contributed by atoms with Gasteiger partial charge in [0.25, 0.3) is 5.91 Å². The molecule has 4 nitrogen and oxygen atoms in total. The van der Waals surface area contributed by atoms with Crippen molar-refractivity contribution in [2.24, 2.45) is 0 Å². The summed E-state index contributed by atoms with van der Waals surface area (Å²) in [5.74, 6) is -0.226. The van der Waals surface area contributed by atoms with Crippen molar-refractivity contribution in [3.05, 3.63) is 34.2 Å². The maximum atomic E-state index is 11.4. The molecule has 0 bridgehead atoms. The predicted molar refractivity (Wildman–Crippen MR) is 54.3 cm³/mol. The van der Waals surface area contributed by atoms with Crippen LogP contribution in [0.5, 0.6) is 0 Å². The van der Waals surface area contributed by atoms with E-state index in [1.807, 2.05) is 0 Å². The molecule has 0 aromatic carbocycles. The van der Waals surface area contributed by atoms with Crippen LogP contribution in [0.4, 0.5) is 0 Å². The second-order valence-electron chi connectivity index (χ2n) is 3.05. The number of hydrogen-bond acceptors (Lipinski definition) is 2. The van der Waals surface area contributed by atoms with Crippen LogP contribution in [0.25, 0.3) is 0 Å². The number of carbonyl (C=O) groups excluding carboxylic acids is 1. The first-order valence-corrected chi connectivity index (χ1v) is 4.71. The summed E-state index contributed by atoms with van der Waals surface area (Å²) in [6.45, 7) is 2.70. The van der Waals surface area contributed by atoms with Crippen LogP contribution in [0.2, 0.25) is 0 Å². The van der Waals surface area contributed by atoms with Crippen LogP contribution in [0.1, 0.15) is 30.3 Å². The lowest BCUT2D eigenvalue weighted by Gasteiger charge is -2.02. The summed E-state index contributed by atoms with van der Waals surface area (Å²) in [4.78, 5) is 25.0. The van der Waals surface area contributed by atoms with Crippen molar-refractivity contribution in [3.63, 3.8) is 0 Å². The Labute approximate surface area is 82.3 Å². The number of unbranched alkanes of at least 4 members (excludes halogenated alkanes) is 1. The molecule has 1 heterocycles. The van der Waals surface area contributed by atoms with Crippen molar-refractivity contribution in [3.8, 4) is 0 Å². The molecule has 0 aliphatic heterocycles. The van der Waals surface area contributed by atoms with Gasteiger partial charge < -0.3 is 10.3 Å². The van der Waals surface area contributed by atoms with Gasteiger partial charge in [0.2, 0.25) is 0 Å². The minimum Gasteiger partial charge on any atom is -0.357 e. The smallest absolute Gasteiger partial charge is 0.267 e. The molecular weight excluding hydrogens is 180 g/mol. The van der Waals surface area contributed by atoms with E-state index in [0.29, 0.717) is 12.2 Å². The molecule has 76 valence electrons. The summed E-state index contributed by atoms with van der Waals surface area (Å²) in [5.41, 5.74) is 0.151. The van der Waals surface area contributed by atoms with E-state index in [-0.39, 0.29) is 11.3 Å². The fourth-order valence-corrected chi connectivity index (χ4v) is 1.05. The van der Waals surface area contributed by atoms with Gasteiger partial charge >= 0.3 is 0 Å². The fraction of sp³-hybridized carbons (Fsp3) is 0.400. The van der Waals surface area contributed by atoms with Crippen molar-refractivity contribution >= 4 is 5.91 Å². The summed E-state index contributed by atoms with van der Waals surface area (Å²) in [5, 5.41) is 2.72. The zero-order valence-corrected chi connectivity index (χ0v) is 8.17. The highest BCUT2D eigenvalue weighted by molar-refractivity contribution is 5.92. The van der Waals surface area contributed by atoms with Crippen LogP contribution < -0.4 is 10.7 Å². The second-order valence-corrected chi connectivity index (χ2v) is 3.05. The summed E-state index contributed by atoms with van der Waals surface area (Å²) in [6.07, 6.45) is 3.45. The molecule has 0 atom stereocenters. The highest BCUT2D eigenvalue weighted by Crippen LogP contribution is 1.89. The molecule has 0 saturated heterocycles. The Balaban J connectivity index is 2.56. The monoisotopic (exact) mass is 194 g/mol. The largest absolute Gasteiger partial charge is 0.357 e. The van der Waals surface area contributed by atoms with Crippen molar-refractivity contribution in [1.82, 2.24) is 10.3 Å². The summed E-state index contributed by atoms with van der Waals surface area (Å²) < 4.78 is 0. The Hall–Kier alpha value is -1.58. The lowest BCUT2D eigenvalue weighted by Crippen LogP contribution is -2.26. The highest BCUT2D eigenvalue weighted by Gasteiger charge is 2.04. The van der Waals surface area contributed by atoms with Gasteiger partial charge in [0.15, 0.2) is 5.43 Å². The first kappa shape index (κ1) is 10.5. The van der Waals surface area contributed by atoms with E-state index in [0.717, 1.165) is 12.8 Å². The predicted octanol–water partition coefficient (Wildman–Crippen LogP) is 0.905. The first-order chi connectivity index (χ1) is 6.74. The number of aromatic nitrogens is 1. The quantitative estimate of drug-likeness (QED) is 0.700. The molecule has 4 heteroatoms. The van der Waals surface area contributed by atoms with Crippen molar-refractivity contribution in [1.29, 1.82) is 0 Å². The average molecular weight is 194 g/mol. The second kappa shape index (κ2) is 5.21. The molecule has 0 unspecified atom stereocenters. The molecule has 2 N–H and O–H groups in total. The zero-order chi connectivity index (χ0) is 10.4. The molecule has 0 aliphatic carbocycles. The SMILES string of the molecule is CCCCNC(=O)c1cc(=O)cc[nH]1. The Bertz CT molecular complexity index is 357. The molecule has 1 aromatic rings. The van der Waals surface area contributed by atoms with Gasteiger partial charge in [0.05, 0.1) is 0 Å². The first-order valence-electron chi connectivity index (χ1n) is 4.71. The molecule has 1 amide bonds. The van der Waals surface area contributed by atoms with Crippen molar-refractivity contribution in [2.75, 3.05) is 6.54 Å². The summed E-state index contributed by atoms with van der Waals surface area (Å²) in [6, 6.07) is 2.67. The standard InChI is InChI=1S/C10H14N2O2/c1-2-3-5-12-10(14)9-7-8(13)4-6-11-9/h4,6-7H,2-3,5H2,1H3,(H,11,13)(H,12,14). The van der Waals surface area contributed by atoms with Gasteiger partial charge in [-0.25, -0.2) is 0 Å². The molecule has 14 heavy (non-hydrogen) atoms. The number of H-pyrrole nitrogens is 1. The highest BCUT2D eigenvalue weighted by atomic mass is 16.2. The Morgan fingerprint density at radius 2 is 2.36 bits per heavy atom. The van der Waals surface area contributed by atoms with E-state index < -0.39 is 0 Å².